The molecule has 0 heterocycles. The number of allylic oxidation sites excluding steroid dienone is 1. The maximum atomic E-state index is 8.80. The van der Waals surface area contributed by atoms with Gasteiger partial charge in [0.1, 0.15) is 5.76 Å². The van der Waals surface area contributed by atoms with Gasteiger partial charge in [-0.15, -0.1) is 5.26 Å². The van der Waals surface area contributed by atoms with Crippen molar-refractivity contribution in [2.24, 2.45) is 0 Å². The Balaban J connectivity index is 2.31. The van der Waals surface area contributed by atoms with Crippen LogP contribution in [0.1, 0.15) is 12.0 Å². The van der Waals surface area contributed by atoms with Crippen LogP contribution in [-0.2, 0) is 15.1 Å². The molecule has 1 aliphatic carbocycles. The number of ether oxygens (including phenoxy) is 2. The first kappa shape index (κ1) is 11.8. The minimum atomic E-state index is -0.807. The molecule has 4 nitrogen and oxygen atoms in total. The average molecular weight is 238 g/mol. The molecule has 1 atom stereocenters. The Morgan fingerprint density at radius 1 is 1.11 bits per heavy atom. The number of nitriles is 2. The van der Waals surface area contributed by atoms with E-state index in [0.717, 1.165) is 5.56 Å². The number of hydrogen-bond acceptors (Lipinski definition) is 4. The van der Waals surface area contributed by atoms with E-state index in [4.69, 9.17) is 20.0 Å². The van der Waals surface area contributed by atoms with Gasteiger partial charge in [-0.25, -0.2) is 0 Å². The highest BCUT2D eigenvalue weighted by atomic mass is 16.5. The molecule has 0 N–H and O–H groups in total. The van der Waals surface area contributed by atoms with E-state index in [2.05, 4.69) is 0 Å². The van der Waals surface area contributed by atoms with Crippen LogP contribution in [0.4, 0.5) is 0 Å². The Kier molecular flexibility index (Phi) is 3.31. The van der Waals surface area contributed by atoms with Crippen LogP contribution in [0, 0.1) is 23.0 Å². The van der Waals surface area contributed by atoms with E-state index in [9.17, 15) is 0 Å². The number of benzene rings is 1. The summed E-state index contributed by atoms with van der Waals surface area (Å²) in [4.78, 5) is 0. The zero-order valence-electron chi connectivity index (χ0n) is 9.54. The molecule has 1 aromatic carbocycles. The lowest BCUT2D eigenvalue weighted by Gasteiger charge is -2.29. The summed E-state index contributed by atoms with van der Waals surface area (Å²) < 4.78 is 9.95. The van der Waals surface area contributed by atoms with Crippen LogP contribution in [0.15, 0.2) is 54.3 Å². The SMILES string of the molecule is N#COC1=CCC(OC#N)(c2ccccc2)C=C1. The normalized spacial score (nSPS) is 21.3. The predicted octanol–water partition coefficient (Wildman–Crippen LogP) is 2.72. The molecule has 0 aromatic heterocycles. The van der Waals surface area contributed by atoms with Crippen molar-refractivity contribution in [3.8, 4) is 12.5 Å². The Bertz CT molecular complexity index is 564. The van der Waals surface area contributed by atoms with Gasteiger partial charge in [-0.3, -0.25) is 0 Å². The molecule has 0 aliphatic heterocycles. The van der Waals surface area contributed by atoms with Crippen molar-refractivity contribution in [1.29, 1.82) is 10.5 Å². The lowest BCUT2D eigenvalue weighted by Crippen LogP contribution is -2.26. The zero-order valence-corrected chi connectivity index (χ0v) is 9.54. The third kappa shape index (κ3) is 2.18. The second kappa shape index (κ2) is 5.07. The quantitative estimate of drug-likeness (QED) is 0.759. The van der Waals surface area contributed by atoms with Crippen LogP contribution in [0.2, 0.25) is 0 Å². The van der Waals surface area contributed by atoms with Gasteiger partial charge in [0.15, 0.2) is 5.60 Å². The van der Waals surface area contributed by atoms with E-state index in [0.29, 0.717) is 12.2 Å². The molecule has 1 aliphatic rings. The van der Waals surface area contributed by atoms with Gasteiger partial charge in [-0.1, -0.05) is 30.3 Å². The average Bonchev–Trinajstić information content (AvgIpc) is 2.43. The smallest absolute Gasteiger partial charge is 0.292 e. The van der Waals surface area contributed by atoms with Crippen molar-refractivity contribution in [2.75, 3.05) is 0 Å². The summed E-state index contributed by atoms with van der Waals surface area (Å²) in [6.45, 7) is 0. The highest BCUT2D eigenvalue weighted by molar-refractivity contribution is 5.35. The molecule has 4 heteroatoms. The van der Waals surface area contributed by atoms with Crippen molar-refractivity contribution >= 4 is 0 Å². The molecule has 0 bridgehead atoms. The molecular formula is C14H10N2O2. The molecule has 88 valence electrons. The summed E-state index contributed by atoms with van der Waals surface area (Å²) in [6.07, 6.45) is 8.89. The van der Waals surface area contributed by atoms with Gasteiger partial charge in [-0.2, -0.15) is 5.26 Å². The number of rotatable bonds is 3. The maximum Gasteiger partial charge on any atom is 0.292 e. The number of hydrogen-bond donors (Lipinski definition) is 0. The lowest BCUT2D eigenvalue weighted by molar-refractivity contribution is 0.0805. The van der Waals surface area contributed by atoms with E-state index >= 15 is 0 Å². The third-order valence-corrected chi connectivity index (χ3v) is 2.78. The molecule has 0 spiro atoms. The fraction of sp³-hybridized carbons (Fsp3) is 0.143. The Hall–Kier alpha value is -2.72. The largest absolute Gasteiger partial charge is 0.411 e. The zero-order chi connectivity index (χ0) is 12.8. The fourth-order valence-corrected chi connectivity index (χ4v) is 1.88. The van der Waals surface area contributed by atoms with Gasteiger partial charge >= 0.3 is 0 Å². The standard InChI is InChI=1S/C14H10N2O2/c15-10-17-13-6-8-14(9-7-13,18-11-16)12-4-2-1-3-5-12/h1-8H,9H2. The molecule has 1 unspecified atom stereocenters. The fourth-order valence-electron chi connectivity index (χ4n) is 1.88. The summed E-state index contributed by atoms with van der Waals surface area (Å²) >= 11 is 0. The molecule has 0 amide bonds. The molecule has 1 aromatic rings. The molecule has 18 heavy (non-hydrogen) atoms. The van der Waals surface area contributed by atoms with Crippen LogP contribution in [-0.4, -0.2) is 0 Å². The van der Waals surface area contributed by atoms with Crippen molar-refractivity contribution in [3.05, 3.63) is 59.9 Å². The van der Waals surface area contributed by atoms with Crippen LogP contribution < -0.4 is 0 Å². The Morgan fingerprint density at radius 2 is 1.89 bits per heavy atom. The van der Waals surface area contributed by atoms with Crippen molar-refractivity contribution in [2.45, 2.75) is 12.0 Å². The van der Waals surface area contributed by atoms with E-state index in [1.165, 1.54) is 0 Å². The Morgan fingerprint density at radius 3 is 2.44 bits per heavy atom. The highest BCUT2D eigenvalue weighted by Crippen LogP contribution is 2.35. The van der Waals surface area contributed by atoms with Crippen LogP contribution in [0.25, 0.3) is 0 Å². The van der Waals surface area contributed by atoms with Gasteiger partial charge in [0, 0.05) is 12.0 Å². The first-order valence-electron chi connectivity index (χ1n) is 5.39. The van der Waals surface area contributed by atoms with E-state index < -0.39 is 5.60 Å². The highest BCUT2D eigenvalue weighted by Gasteiger charge is 2.33. The second-order valence-electron chi connectivity index (χ2n) is 3.79. The van der Waals surface area contributed by atoms with Crippen LogP contribution in [0.3, 0.4) is 0 Å². The summed E-state index contributed by atoms with van der Waals surface area (Å²) in [7, 11) is 0. The van der Waals surface area contributed by atoms with Crippen LogP contribution >= 0.6 is 0 Å². The van der Waals surface area contributed by atoms with Gasteiger partial charge in [0.05, 0.1) is 0 Å². The van der Waals surface area contributed by atoms with Gasteiger partial charge in [-0.05, 0) is 18.2 Å². The number of nitrogens with zero attached hydrogens (tertiary/aromatic N) is 2. The first-order valence-corrected chi connectivity index (χ1v) is 5.39. The molecule has 0 saturated carbocycles. The summed E-state index contributed by atoms with van der Waals surface area (Å²) in [5.41, 5.74) is 0.0771. The minimum Gasteiger partial charge on any atom is -0.411 e. The van der Waals surface area contributed by atoms with Gasteiger partial charge in [0.2, 0.25) is 0 Å². The van der Waals surface area contributed by atoms with Gasteiger partial charge < -0.3 is 9.47 Å². The summed E-state index contributed by atoms with van der Waals surface area (Å²) in [6, 6.07) is 9.46. The van der Waals surface area contributed by atoms with Gasteiger partial charge in [0.25, 0.3) is 12.5 Å². The minimum absolute atomic E-state index is 0.443. The van der Waals surface area contributed by atoms with Crippen molar-refractivity contribution < 1.29 is 9.47 Å². The van der Waals surface area contributed by atoms with E-state index in [1.54, 1.807) is 30.7 Å². The molecular weight excluding hydrogens is 228 g/mol. The van der Waals surface area contributed by atoms with Crippen molar-refractivity contribution in [3.63, 3.8) is 0 Å². The first-order chi connectivity index (χ1) is 8.80. The summed E-state index contributed by atoms with van der Waals surface area (Å²) in [5.74, 6) is 0.464. The summed E-state index contributed by atoms with van der Waals surface area (Å²) in [5, 5.41) is 17.2. The molecule has 2 rings (SSSR count). The maximum absolute atomic E-state index is 8.80. The molecule has 0 radical (unpaired) electrons. The Labute approximate surface area is 105 Å². The van der Waals surface area contributed by atoms with E-state index in [-0.39, 0.29) is 0 Å². The second-order valence-corrected chi connectivity index (χ2v) is 3.79. The monoisotopic (exact) mass is 238 g/mol. The van der Waals surface area contributed by atoms with E-state index in [1.807, 2.05) is 30.3 Å². The predicted molar refractivity (Wildman–Crippen MR) is 63.4 cm³/mol. The van der Waals surface area contributed by atoms with Crippen molar-refractivity contribution in [1.82, 2.24) is 0 Å². The molecule has 0 fully saturated rings. The topological polar surface area (TPSA) is 66.0 Å². The lowest BCUT2D eigenvalue weighted by atomic mass is 9.87. The molecule has 0 saturated heterocycles. The van der Waals surface area contributed by atoms with Crippen LogP contribution in [0.5, 0.6) is 0 Å². The third-order valence-electron chi connectivity index (χ3n) is 2.78.